The first-order chi connectivity index (χ1) is 15.4. The maximum atomic E-state index is 6.03. The Balaban J connectivity index is 1.91. The molecule has 0 aliphatic carbocycles. The van der Waals surface area contributed by atoms with Gasteiger partial charge in [-0.1, -0.05) is 65.2 Å². The number of hydrogen-bond acceptors (Lipinski definition) is 3. The first kappa shape index (κ1) is 27.7. The van der Waals surface area contributed by atoms with Gasteiger partial charge in [0.1, 0.15) is 11.5 Å². The summed E-state index contributed by atoms with van der Waals surface area (Å²) in [5.41, 5.74) is 0. The van der Waals surface area contributed by atoms with Crippen molar-refractivity contribution in [2.24, 2.45) is 9.98 Å². The summed E-state index contributed by atoms with van der Waals surface area (Å²) in [6, 6.07) is 4.39. The highest BCUT2D eigenvalue weighted by atomic mass is 16.3. The van der Waals surface area contributed by atoms with Crippen LogP contribution < -0.4 is 0 Å². The summed E-state index contributed by atoms with van der Waals surface area (Å²) in [6.45, 7) is 6.46. The van der Waals surface area contributed by atoms with E-state index < -0.39 is 0 Å². The summed E-state index contributed by atoms with van der Waals surface area (Å²) >= 11 is 0. The third-order valence-electron chi connectivity index (χ3n) is 5.77. The molecule has 178 valence electrons. The van der Waals surface area contributed by atoms with Gasteiger partial charge in [0.25, 0.3) is 0 Å². The first-order valence-electron chi connectivity index (χ1n) is 13.4. The van der Waals surface area contributed by atoms with E-state index in [1.54, 1.807) is 0 Å². The van der Waals surface area contributed by atoms with Gasteiger partial charge in [0, 0.05) is 25.9 Å². The van der Waals surface area contributed by atoms with Crippen molar-refractivity contribution >= 4 is 12.4 Å². The Morgan fingerprint density at radius 2 is 1.00 bits per heavy atom. The highest BCUT2D eigenvalue weighted by Crippen LogP contribution is 2.16. The van der Waals surface area contributed by atoms with Crippen LogP contribution in [0.15, 0.2) is 26.5 Å². The van der Waals surface area contributed by atoms with Crippen LogP contribution >= 0.6 is 0 Å². The molecule has 1 aromatic rings. The Kier molecular flexibility index (Phi) is 19.5. The molecule has 0 bridgehead atoms. The van der Waals surface area contributed by atoms with Crippen molar-refractivity contribution in [3.05, 3.63) is 23.7 Å². The second kappa shape index (κ2) is 21.8. The van der Waals surface area contributed by atoms with Crippen LogP contribution in [-0.2, 0) is 12.8 Å². The lowest BCUT2D eigenvalue weighted by Gasteiger charge is -2.01. The SMILES string of the molecule is CCCCN=CCCCCCCCc1ccc(CCCCCCCC=NCCCC)o1. The molecule has 31 heavy (non-hydrogen) atoms. The summed E-state index contributed by atoms with van der Waals surface area (Å²) in [7, 11) is 0. The van der Waals surface area contributed by atoms with Crippen molar-refractivity contribution in [1.29, 1.82) is 0 Å². The zero-order chi connectivity index (χ0) is 22.2. The monoisotopic (exact) mass is 430 g/mol. The Morgan fingerprint density at radius 3 is 1.45 bits per heavy atom. The second-order valence-corrected chi connectivity index (χ2v) is 8.87. The molecule has 1 aromatic heterocycles. The zero-order valence-electron chi connectivity index (χ0n) is 20.8. The minimum absolute atomic E-state index is 1.01. The Morgan fingerprint density at radius 1 is 0.581 bits per heavy atom. The molecule has 0 fully saturated rings. The number of hydrogen-bond donors (Lipinski definition) is 0. The van der Waals surface area contributed by atoms with Gasteiger partial charge >= 0.3 is 0 Å². The molecule has 0 atom stereocenters. The van der Waals surface area contributed by atoms with Crippen molar-refractivity contribution < 1.29 is 4.42 Å². The third-order valence-corrected chi connectivity index (χ3v) is 5.77. The zero-order valence-corrected chi connectivity index (χ0v) is 20.8. The average molecular weight is 431 g/mol. The first-order valence-corrected chi connectivity index (χ1v) is 13.4. The van der Waals surface area contributed by atoms with Crippen LogP contribution in [-0.4, -0.2) is 25.5 Å². The fourth-order valence-corrected chi connectivity index (χ4v) is 3.69. The molecule has 3 heteroatoms. The van der Waals surface area contributed by atoms with Crippen LogP contribution in [0.25, 0.3) is 0 Å². The molecule has 1 heterocycles. The molecule has 0 N–H and O–H groups in total. The molecule has 0 saturated heterocycles. The molecule has 0 spiro atoms. The van der Waals surface area contributed by atoms with Gasteiger partial charge in [0.2, 0.25) is 0 Å². The van der Waals surface area contributed by atoms with Gasteiger partial charge in [0.15, 0.2) is 0 Å². The highest BCUT2D eigenvalue weighted by Gasteiger charge is 2.02. The molecule has 0 amide bonds. The highest BCUT2D eigenvalue weighted by molar-refractivity contribution is 5.57. The summed E-state index contributed by atoms with van der Waals surface area (Å²) in [5, 5.41) is 0. The van der Waals surface area contributed by atoms with E-state index in [4.69, 9.17) is 4.42 Å². The lowest BCUT2D eigenvalue weighted by molar-refractivity contribution is 0.446. The van der Waals surface area contributed by atoms with E-state index in [-0.39, 0.29) is 0 Å². The molecule has 0 aromatic carbocycles. The molecule has 0 radical (unpaired) electrons. The molecular weight excluding hydrogens is 380 g/mol. The number of unbranched alkanes of at least 4 members (excludes halogenated alkanes) is 12. The van der Waals surface area contributed by atoms with Crippen molar-refractivity contribution in [1.82, 2.24) is 0 Å². The summed E-state index contributed by atoms with van der Waals surface area (Å²) in [4.78, 5) is 8.90. The van der Waals surface area contributed by atoms with Gasteiger partial charge in [-0.15, -0.1) is 0 Å². The third kappa shape index (κ3) is 17.9. The quantitative estimate of drug-likeness (QED) is 0.134. The Labute approximate surface area is 193 Å². The summed E-state index contributed by atoms with van der Waals surface area (Å²) < 4.78 is 6.03. The van der Waals surface area contributed by atoms with E-state index in [0.29, 0.717) is 0 Å². The normalized spacial score (nSPS) is 11.9. The summed E-state index contributed by atoms with van der Waals surface area (Å²) in [6.07, 6.45) is 26.7. The second-order valence-electron chi connectivity index (χ2n) is 8.87. The van der Waals surface area contributed by atoms with E-state index in [9.17, 15) is 0 Å². The smallest absolute Gasteiger partial charge is 0.104 e. The van der Waals surface area contributed by atoms with Gasteiger partial charge in [0.05, 0.1) is 0 Å². The van der Waals surface area contributed by atoms with Crippen LogP contribution in [0.4, 0.5) is 0 Å². The lowest BCUT2D eigenvalue weighted by Crippen LogP contribution is -1.87. The number of aryl methyl sites for hydroxylation is 2. The predicted molar refractivity (Wildman–Crippen MR) is 138 cm³/mol. The lowest BCUT2D eigenvalue weighted by atomic mass is 10.1. The number of aliphatic imine (C=N–C) groups is 2. The minimum Gasteiger partial charge on any atom is -0.466 e. The molecular formula is C28H50N2O. The standard InChI is InChI=1S/C28H50N2O/c1-3-5-23-29-25-17-13-9-7-11-15-19-27-21-22-28(31-27)20-16-12-8-10-14-18-26-30-24-6-4-2/h21-22,25-26H,3-20,23-24H2,1-2H3. The van der Waals surface area contributed by atoms with Gasteiger partial charge < -0.3 is 4.42 Å². The van der Waals surface area contributed by atoms with E-state index in [2.05, 4.69) is 48.4 Å². The maximum Gasteiger partial charge on any atom is 0.104 e. The molecule has 0 aliphatic heterocycles. The van der Waals surface area contributed by atoms with Crippen LogP contribution in [0, 0.1) is 0 Å². The fraction of sp³-hybridized carbons (Fsp3) is 0.786. The van der Waals surface area contributed by atoms with Gasteiger partial charge in [-0.25, -0.2) is 0 Å². The van der Waals surface area contributed by atoms with Gasteiger partial charge in [-0.05, 0) is 75.9 Å². The van der Waals surface area contributed by atoms with Crippen molar-refractivity contribution in [2.45, 2.75) is 129 Å². The molecule has 1 rings (SSSR count). The summed E-state index contributed by atoms with van der Waals surface area (Å²) in [5.74, 6) is 2.36. The maximum absolute atomic E-state index is 6.03. The Bertz CT molecular complexity index is 500. The van der Waals surface area contributed by atoms with Crippen molar-refractivity contribution in [3.63, 3.8) is 0 Å². The van der Waals surface area contributed by atoms with Gasteiger partial charge in [-0.2, -0.15) is 0 Å². The van der Waals surface area contributed by atoms with Crippen molar-refractivity contribution in [3.8, 4) is 0 Å². The molecule has 0 saturated carbocycles. The number of furan rings is 1. The largest absolute Gasteiger partial charge is 0.466 e. The van der Waals surface area contributed by atoms with E-state index >= 15 is 0 Å². The molecule has 3 nitrogen and oxygen atoms in total. The number of rotatable bonds is 22. The van der Waals surface area contributed by atoms with Crippen LogP contribution in [0.2, 0.25) is 0 Å². The average Bonchev–Trinajstić information content (AvgIpc) is 3.23. The van der Waals surface area contributed by atoms with E-state index in [1.807, 2.05) is 0 Å². The Hall–Kier alpha value is -1.38. The molecule has 0 aliphatic rings. The van der Waals surface area contributed by atoms with E-state index in [1.165, 1.54) is 101 Å². The van der Waals surface area contributed by atoms with Gasteiger partial charge in [-0.3, -0.25) is 9.98 Å². The minimum atomic E-state index is 1.01. The van der Waals surface area contributed by atoms with E-state index in [0.717, 1.165) is 38.8 Å². The number of nitrogens with zero attached hydrogens (tertiary/aromatic N) is 2. The predicted octanol–water partition coefficient (Wildman–Crippen LogP) is 8.79. The topological polar surface area (TPSA) is 37.9 Å². The fourth-order valence-electron chi connectivity index (χ4n) is 3.69. The van der Waals surface area contributed by atoms with Crippen LogP contribution in [0.3, 0.4) is 0 Å². The molecule has 0 unspecified atom stereocenters. The van der Waals surface area contributed by atoms with Crippen molar-refractivity contribution in [2.75, 3.05) is 13.1 Å². The van der Waals surface area contributed by atoms with Crippen LogP contribution in [0.1, 0.15) is 128 Å². The van der Waals surface area contributed by atoms with Crippen LogP contribution in [0.5, 0.6) is 0 Å².